The molecule has 7 nitrogen and oxygen atoms in total. The molecule has 3 amide bonds. The van der Waals surface area contributed by atoms with Crippen LogP contribution in [0.3, 0.4) is 0 Å². The van der Waals surface area contributed by atoms with Gasteiger partial charge in [-0.1, -0.05) is 45.0 Å². The Bertz CT molecular complexity index is 920. The molecular weight excluding hydrogens is 380 g/mol. The second-order valence-corrected chi connectivity index (χ2v) is 8.08. The minimum atomic E-state index is -1.14. The topological polar surface area (TPSA) is 99.3 Å². The normalized spacial score (nSPS) is 16.4. The lowest BCUT2D eigenvalue weighted by Crippen LogP contribution is -2.61. The van der Waals surface area contributed by atoms with E-state index in [0.717, 1.165) is 23.4 Å². The number of anilines is 2. The largest absolute Gasteiger partial charge is 0.356 e. The Morgan fingerprint density at radius 1 is 1.03 bits per heavy atom. The van der Waals surface area contributed by atoms with E-state index < -0.39 is 18.0 Å². The third-order valence-electron chi connectivity index (χ3n) is 5.54. The lowest BCUT2D eigenvalue weighted by atomic mass is 9.82. The van der Waals surface area contributed by atoms with E-state index in [1.165, 1.54) is 5.56 Å². The number of hydrogen-bond donors (Lipinski definition) is 4. The van der Waals surface area contributed by atoms with Gasteiger partial charge in [0.25, 0.3) is 5.91 Å². The summed E-state index contributed by atoms with van der Waals surface area (Å²) in [6, 6.07) is 14.5. The molecule has 1 unspecified atom stereocenters. The Morgan fingerprint density at radius 2 is 1.63 bits per heavy atom. The van der Waals surface area contributed by atoms with Crippen LogP contribution in [0.25, 0.3) is 0 Å². The molecule has 1 heterocycles. The van der Waals surface area contributed by atoms with Crippen LogP contribution in [0.5, 0.6) is 0 Å². The highest BCUT2D eigenvalue weighted by Gasteiger charge is 2.31. The number of ketones is 1. The molecule has 0 bridgehead atoms. The standard InChI is InChI=1S/C23H28N4O3/c1-4-23(2,3)16-7-11-18(12-8-16)26-17-9-5-15(6-10-17)13-24-21(29)20-19(28)14-25-22(30)27-20/h5-12,20,26H,4,13-14H2,1-3H3,(H,24,29)(H2,25,27,30). The molecule has 0 spiro atoms. The van der Waals surface area contributed by atoms with Crippen LogP contribution in [-0.4, -0.2) is 30.3 Å². The summed E-state index contributed by atoms with van der Waals surface area (Å²) in [5, 5.41) is 10.7. The second-order valence-electron chi connectivity index (χ2n) is 8.08. The van der Waals surface area contributed by atoms with Gasteiger partial charge in [0.1, 0.15) is 0 Å². The molecule has 1 aliphatic rings. The molecule has 1 aliphatic heterocycles. The third kappa shape index (κ3) is 5.17. The van der Waals surface area contributed by atoms with E-state index in [1.807, 2.05) is 24.3 Å². The van der Waals surface area contributed by atoms with Gasteiger partial charge >= 0.3 is 6.03 Å². The first-order valence-corrected chi connectivity index (χ1v) is 10.1. The molecule has 1 atom stereocenters. The number of Topliss-reactive ketones (excluding diaryl/α,β-unsaturated/α-hetero) is 1. The summed E-state index contributed by atoms with van der Waals surface area (Å²) in [4.78, 5) is 35.2. The van der Waals surface area contributed by atoms with Gasteiger partial charge in [-0.15, -0.1) is 0 Å². The van der Waals surface area contributed by atoms with E-state index in [2.05, 4.69) is 66.3 Å². The highest BCUT2D eigenvalue weighted by molar-refractivity contribution is 6.11. The Morgan fingerprint density at radius 3 is 2.23 bits per heavy atom. The molecule has 0 saturated carbocycles. The first-order chi connectivity index (χ1) is 14.3. The number of benzene rings is 2. The maximum atomic E-state index is 12.2. The molecule has 0 aliphatic carbocycles. The molecule has 30 heavy (non-hydrogen) atoms. The predicted octanol–water partition coefficient (Wildman–Crippen LogP) is 2.98. The monoisotopic (exact) mass is 408 g/mol. The van der Waals surface area contributed by atoms with Gasteiger partial charge in [0.05, 0.1) is 6.54 Å². The average molecular weight is 409 g/mol. The fourth-order valence-corrected chi connectivity index (χ4v) is 3.12. The Kier molecular flexibility index (Phi) is 6.40. The van der Waals surface area contributed by atoms with Gasteiger partial charge < -0.3 is 21.3 Å². The van der Waals surface area contributed by atoms with Crippen LogP contribution in [-0.2, 0) is 21.5 Å². The quantitative estimate of drug-likeness (QED) is 0.529. The molecular formula is C23H28N4O3. The van der Waals surface area contributed by atoms with Gasteiger partial charge in [-0.25, -0.2) is 4.79 Å². The van der Waals surface area contributed by atoms with Crippen molar-refractivity contribution in [3.05, 3.63) is 59.7 Å². The molecule has 0 radical (unpaired) electrons. The number of nitrogens with one attached hydrogen (secondary N) is 4. The van der Waals surface area contributed by atoms with Crippen molar-refractivity contribution >= 4 is 29.1 Å². The van der Waals surface area contributed by atoms with Crippen LogP contribution in [0, 0.1) is 0 Å². The van der Waals surface area contributed by atoms with Crippen LogP contribution < -0.4 is 21.3 Å². The molecule has 7 heteroatoms. The zero-order chi connectivity index (χ0) is 21.7. The zero-order valence-electron chi connectivity index (χ0n) is 17.5. The van der Waals surface area contributed by atoms with E-state index in [1.54, 1.807) is 0 Å². The van der Waals surface area contributed by atoms with Crippen molar-refractivity contribution in [2.75, 3.05) is 11.9 Å². The molecule has 4 N–H and O–H groups in total. The number of urea groups is 1. The van der Waals surface area contributed by atoms with Crippen LogP contribution >= 0.6 is 0 Å². The van der Waals surface area contributed by atoms with Gasteiger partial charge in [0, 0.05) is 17.9 Å². The van der Waals surface area contributed by atoms with Crippen molar-refractivity contribution < 1.29 is 14.4 Å². The van der Waals surface area contributed by atoms with E-state index in [4.69, 9.17) is 0 Å². The maximum Gasteiger partial charge on any atom is 0.316 e. The van der Waals surface area contributed by atoms with Crippen molar-refractivity contribution in [3.8, 4) is 0 Å². The van der Waals surface area contributed by atoms with Crippen molar-refractivity contribution in [3.63, 3.8) is 0 Å². The highest BCUT2D eigenvalue weighted by Crippen LogP contribution is 2.28. The van der Waals surface area contributed by atoms with Crippen LogP contribution in [0.2, 0.25) is 0 Å². The summed E-state index contributed by atoms with van der Waals surface area (Å²) in [5.41, 5.74) is 4.30. The fourth-order valence-electron chi connectivity index (χ4n) is 3.12. The first-order valence-electron chi connectivity index (χ1n) is 10.1. The summed E-state index contributed by atoms with van der Waals surface area (Å²) in [5.74, 6) is -0.868. The molecule has 158 valence electrons. The van der Waals surface area contributed by atoms with Gasteiger partial charge in [-0.05, 0) is 47.2 Å². The minimum Gasteiger partial charge on any atom is -0.356 e. The molecule has 2 aromatic carbocycles. The van der Waals surface area contributed by atoms with Crippen LogP contribution in [0.4, 0.5) is 16.2 Å². The Hall–Kier alpha value is -3.35. The molecule has 2 aromatic rings. The lowest BCUT2D eigenvalue weighted by molar-refractivity contribution is -0.131. The Labute approximate surface area is 176 Å². The number of carbonyl (C=O) groups is 3. The fraction of sp³-hybridized carbons (Fsp3) is 0.348. The minimum absolute atomic E-state index is 0.138. The van der Waals surface area contributed by atoms with E-state index in [-0.39, 0.29) is 24.3 Å². The lowest BCUT2D eigenvalue weighted by Gasteiger charge is -2.23. The number of rotatable bonds is 7. The van der Waals surface area contributed by atoms with E-state index in [0.29, 0.717) is 0 Å². The smallest absolute Gasteiger partial charge is 0.316 e. The van der Waals surface area contributed by atoms with Crippen molar-refractivity contribution in [1.29, 1.82) is 0 Å². The number of carbonyl (C=O) groups excluding carboxylic acids is 3. The van der Waals surface area contributed by atoms with Gasteiger partial charge in [-0.2, -0.15) is 0 Å². The molecule has 1 saturated heterocycles. The summed E-state index contributed by atoms with van der Waals surface area (Å²) < 4.78 is 0. The van der Waals surface area contributed by atoms with Crippen molar-refractivity contribution in [1.82, 2.24) is 16.0 Å². The molecule has 1 fully saturated rings. The van der Waals surface area contributed by atoms with E-state index >= 15 is 0 Å². The number of amides is 3. The zero-order valence-corrected chi connectivity index (χ0v) is 17.5. The highest BCUT2D eigenvalue weighted by atomic mass is 16.2. The van der Waals surface area contributed by atoms with Gasteiger partial charge in [0.2, 0.25) is 0 Å². The van der Waals surface area contributed by atoms with Gasteiger partial charge in [0.15, 0.2) is 11.8 Å². The molecule has 0 aromatic heterocycles. The first kappa shape index (κ1) is 21.4. The summed E-state index contributed by atoms with van der Waals surface area (Å²) >= 11 is 0. The van der Waals surface area contributed by atoms with Crippen LogP contribution in [0.1, 0.15) is 38.3 Å². The van der Waals surface area contributed by atoms with Crippen molar-refractivity contribution in [2.24, 2.45) is 0 Å². The summed E-state index contributed by atoms with van der Waals surface area (Å²) in [6.45, 7) is 6.80. The van der Waals surface area contributed by atoms with Crippen LogP contribution in [0.15, 0.2) is 48.5 Å². The van der Waals surface area contributed by atoms with E-state index in [9.17, 15) is 14.4 Å². The average Bonchev–Trinajstić information content (AvgIpc) is 2.75. The summed E-state index contributed by atoms with van der Waals surface area (Å²) in [7, 11) is 0. The maximum absolute atomic E-state index is 12.2. The summed E-state index contributed by atoms with van der Waals surface area (Å²) in [6.07, 6.45) is 1.08. The molecule has 3 rings (SSSR count). The third-order valence-corrected chi connectivity index (χ3v) is 5.54. The SMILES string of the molecule is CCC(C)(C)c1ccc(Nc2ccc(CNC(=O)C3NC(=O)NCC3=O)cc2)cc1. The second kappa shape index (κ2) is 8.98. The predicted molar refractivity (Wildman–Crippen MR) is 117 cm³/mol. The van der Waals surface area contributed by atoms with Crippen molar-refractivity contribution in [2.45, 2.75) is 45.2 Å². The Balaban J connectivity index is 1.54. The number of hydrogen-bond acceptors (Lipinski definition) is 4. The van der Waals surface area contributed by atoms with Gasteiger partial charge in [-0.3, -0.25) is 9.59 Å².